The van der Waals surface area contributed by atoms with Gasteiger partial charge in [0.25, 0.3) is 0 Å². The van der Waals surface area contributed by atoms with Crippen LogP contribution in [-0.2, 0) is 9.53 Å². The molecule has 0 aromatic carbocycles. The fourth-order valence-corrected chi connectivity index (χ4v) is 1.40. The van der Waals surface area contributed by atoms with Crippen molar-refractivity contribution in [1.29, 1.82) is 0 Å². The smallest absolute Gasteiger partial charge is 0.336 e. The maximum atomic E-state index is 11.1. The standard InChI is InChI=1S/C11H22NO2/c1-5-12(6-2,7-3)10-9-11(13)14-8-4/h9-10H,5-8H2,1-4H3/q+1/b10-9+. The Morgan fingerprint density at radius 2 is 1.64 bits per heavy atom. The Balaban J connectivity index is 4.35. The molecule has 14 heavy (non-hydrogen) atoms. The number of esters is 1. The molecule has 0 fully saturated rings. The second-order valence-corrected chi connectivity index (χ2v) is 3.24. The molecule has 0 aromatic heterocycles. The molecule has 3 heteroatoms. The van der Waals surface area contributed by atoms with Gasteiger partial charge in [0.15, 0.2) is 0 Å². The highest BCUT2D eigenvalue weighted by molar-refractivity contribution is 5.81. The van der Waals surface area contributed by atoms with Crippen molar-refractivity contribution >= 4 is 5.97 Å². The molecule has 0 N–H and O–H groups in total. The van der Waals surface area contributed by atoms with Crippen molar-refractivity contribution in [2.24, 2.45) is 0 Å². The van der Waals surface area contributed by atoms with E-state index in [4.69, 9.17) is 4.74 Å². The van der Waals surface area contributed by atoms with Gasteiger partial charge in [-0.25, -0.2) is 4.79 Å². The topological polar surface area (TPSA) is 26.3 Å². The molecule has 0 rings (SSSR count). The van der Waals surface area contributed by atoms with Crippen LogP contribution in [-0.4, -0.2) is 36.7 Å². The van der Waals surface area contributed by atoms with Gasteiger partial charge in [-0.2, -0.15) is 0 Å². The third-order valence-electron chi connectivity index (χ3n) is 2.70. The van der Waals surface area contributed by atoms with E-state index < -0.39 is 0 Å². The lowest BCUT2D eigenvalue weighted by atomic mass is 10.3. The van der Waals surface area contributed by atoms with Crippen molar-refractivity contribution in [1.82, 2.24) is 0 Å². The molecule has 0 unspecified atom stereocenters. The van der Waals surface area contributed by atoms with Crippen LogP contribution >= 0.6 is 0 Å². The molecule has 0 bridgehead atoms. The van der Waals surface area contributed by atoms with Gasteiger partial charge in [0.05, 0.1) is 32.3 Å². The molecule has 0 amide bonds. The van der Waals surface area contributed by atoms with Crippen LogP contribution in [0, 0.1) is 0 Å². The van der Waals surface area contributed by atoms with E-state index in [0.29, 0.717) is 6.61 Å². The first kappa shape index (κ1) is 13.2. The second kappa shape index (κ2) is 6.60. The normalized spacial score (nSPS) is 12.0. The van der Waals surface area contributed by atoms with E-state index in [1.807, 2.05) is 13.1 Å². The van der Waals surface area contributed by atoms with Crippen LogP contribution in [0.3, 0.4) is 0 Å². The largest absolute Gasteiger partial charge is 0.463 e. The SMILES string of the molecule is CCOC(=O)/C=C/[N+](CC)(CC)CC. The van der Waals surface area contributed by atoms with Gasteiger partial charge in [-0.15, -0.1) is 0 Å². The van der Waals surface area contributed by atoms with E-state index >= 15 is 0 Å². The first-order valence-corrected chi connectivity index (χ1v) is 5.35. The minimum Gasteiger partial charge on any atom is -0.463 e. The summed E-state index contributed by atoms with van der Waals surface area (Å²) >= 11 is 0. The predicted octanol–water partition coefficient (Wildman–Crippen LogP) is 1.94. The van der Waals surface area contributed by atoms with Crippen molar-refractivity contribution in [3.8, 4) is 0 Å². The zero-order chi connectivity index (χ0) is 11.0. The first-order chi connectivity index (χ1) is 6.64. The number of hydrogen-bond acceptors (Lipinski definition) is 2. The van der Waals surface area contributed by atoms with Gasteiger partial charge in [0.2, 0.25) is 0 Å². The lowest BCUT2D eigenvalue weighted by Gasteiger charge is -2.31. The predicted molar refractivity (Wildman–Crippen MR) is 57.7 cm³/mol. The maximum Gasteiger partial charge on any atom is 0.336 e. The van der Waals surface area contributed by atoms with E-state index in [2.05, 4.69) is 20.8 Å². The summed E-state index contributed by atoms with van der Waals surface area (Å²) in [4.78, 5) is 11.1. The fourth-order valence-electron chi connectivity index (χ4n) is 1.40. The van der Waals surface area contributed by atoms with E-state index in [-0.39, 0.29) is 5.97 Å². The van der Waals surface area contributed by atoms with Gasteiger partial charge < -0.3 is 4.74 Å². The number of carbonyl (C=O) groups is 1. The van der Waals surface area contributed by atoms with E-state index in [1.165, 1.54) is 0 Å². The summed E-state index contributed by atoms with van der Waals surface area (Å²) in [5, 5.41) is 0. The van der Waals surface area contributed by atoms with Gasteiger partial charge in [-0.1, -0.05) is 0 Å². The highest BCUT2D eigenvalue weighted by atomic mass is 16.5. The van der Waals surface area contributed by atoms with E-state index in [1.54, 1.807) is 6.08 Å². The molecule has 0 saturated heterocycles. The Morgan fingerprint density at radius 1 is 1.14 bits per heavy atom. The Kier molecular flexibility index (Phi) is 6.21. The quantitative estimate of drug-likeness (QED) is 0.372. The average molecular weight is 200 g/mol. The van der Waals surface area contributed by atoms with Crippen molar-refractivity contribution in [2.75, 3.05) is 26.2 Å². The first-order valence-electron chi connectivity index (χ1n) is 5.35. The van der Waals surface area contributed by atoms with Crippen LogP contribution in [0.4, 0.5) is 0 Å². The maximum absolute atomic E-state index is 11.1. The van der Waals surface area contributed by atoms with Crippen LogP contribution < -0.4 is 0 Å². The van der Waals surface area contributed by atoms with Gasteiger partial charge in [-0.05, 0) is 27.7 Å². The second-order valence-electron chi connectivity index (χ2n) is 3.24. The number of carbonyl (C=O) groups excluding carboxylic acids is 1. The van der Waals surface area contributed by atoms with Crippen molar-refractivity contribution in [3.63, 3.8) is 0 Å². The fraction of sp³-hybridized carbons (Fsp3) is 0.727. The summed E-state index contributed by atoms with van der Waals surface area (Å²) < 4.78 is 5.67. The van der Waals surface area contributed by atoms with E-state index in [9.17, 15) is 4.79 Å². The third kappa shape index (κ3) is 3.92. The lowest BCUT2D eigenvalue weighted by Crippen LogP contribution is -2.42. The van der Waals surface area contributed by atoms with Gasteiger partial charge >= 0.3 is 5.97 Å². The summed E-state index contributed by atoms with van der Waals surface area (Å²) in [7, 11) is 0. The minimum absolute atomic E-state index is 0.245. The Morgan fingerprint density at radius 3 is 2.00 bits per heavy atom. The summed E-state index contributed by atoms with van der Waals surface area (Å²) in [6.07, 6.45) is 3.48. The number of nitrogens with zero attached hydrogens (tertiary/aromatic N) is 1. The van der Waals surface area contributed by atoms with Gasteiger partial charge in [0, 0.05) is 0 Å². The molecule has 0 aliphatic rings. The number of ether oxygens (including phenoxy) is 1. The molecule has 3 nitrogen and oxygen atoms in total. The number of rotatable bonds is 6. The van der Waals surface area contributed by atoms with Gasteiger partial charge in [-0.3, -0.25) is 4.48 Å². The zero-order valence-electron chi connectivity index (χ0n) is 9.75. The minimum atomic E-state index is -0.245. The number of hydrogen-bond donors (Lipinski definition) is 0. The highest BCUT2D eigenvalue weighted by Crippen LogP contribution is 2.06. The molecule has 0 radical (unpaired) electrons. The molecular weight excluding hydrogens is 178 g/mol. The summed E-state index contributed by atoms with van der Waals surface area (Å²) in [6, 6.07) is 0. The summed E-state index contributed by atoms with van der Waals surface area (Å²) in [6.45, 7) is 11.6. The summed E-state index contributed by atoms with van der Waals surface area (Å²) in [5.41, 5.74) is 0. The Hall–Kier alpha value is -0.830. The van der Waals surface area contributed by atoms with Crippen molar-refractivity contribution in [2.45, 2.75) is 27.7 Å². The number of quaternary nitrogens is 1. The van der Waals surface area contributed by atoms with Crippen LogP contribution in [0.1, 0.15) is 27.7 Å². The molecule has 0 saturated carbocycles. The molecule has 0 aromatic rings. The van der Waals surface area contributed by atoms with Crippen LogP contribution in [0.5, 0.6) is 0 Å². The molecule has 0 aliphatic heterocycles. The van der Waals surface area contributed by atoms with Crippen LogP contribution in [0.15, 0.2) is 12.3 Å². The molecule has 0 spiro atoms. The lowest BCUT2D eigenvalue weighted by molar-refractivity contribution is -0.874. The molecule has 0 aliphatic carbocycles. The Labute approximate surface area is 86.9 Å². The average Bonchev–Trinajstić information content (AvgIpc) is 2.21. The van der Waals surface area contributed by atoms with Crippen molar-refractivity contribution < 1.29 is 14.0 Å². The van der Waals surface area contributed by atoms with Crippen LogP contribution in [0.25, 0.3) is 0 Å². The molecule has 82 valence electrons. The Bertz CT molecular complexity index is 187. The molecular formula is C11H22NO2+. The van der Waals surface area contributed by atoms with E-state index in [0.717, 1.165) is 24.1 Å². The van der Waals surface area contributed by atoms with Gasteiger partial charge in [0.1, 0.15) is 6.20 Å². The zero-order valence-corrected chi connectivity index (χ0v) is 9.75. The third-order valence-corrected chi connectivity index (χ3v) is 2.70. The molecule has 0 atom stereocenters. The molecule has 0 heterocycles. The van der Waals surface area contributed by atoms with Crippen LogP contribution in [0.2, 0.25) is 0 Å². The highest BCUT2D eigenvalue weighted by Gasteiger charge is 2.17. The van der Waals surface area contributed by atoms with Crippen molar-refractivity contribution in [3.05, 3.63) is 12.3 Å². The summed E-state index contributed by atoms with van der Waals surface area (Å²) in [5.74, 6) is -0.245. The monoisotopic (exact) mass is 200 g/mol.